The molecule has 1 aromatic heterocycles. The molecule has 9 heteroatoms. The molecule has 1 heterocycles. The molecule has 0 spiro atoms. The number of imidazole rings is 1. The van der Waals surface area contributed by atoms with Crippen molar-refractivity contribution in [3.8, 4) is 0 Å². The van der Waals surface area contributed by atoms with Gasteiger partial charge in [-0.3, -0.25) is 4.79 Å². The number of fused-ring (bicyclic) bond motifs is 1. The Balaban J connectivity index is 1.50. The lowest BCUT2D eigenvalue weighted by Gasteiger charge is -2.30. The highest BCUT2D eigenvalue weighted by atomic mass is 19.1. The number of rotatable bonds is 9. The minimum absolute atomic E-state index is 0.000835. The lowest BCUT2D eigenvalue weighted by atomic mass is 9.86. The van der Waals surface area contributed by atoms with E-state index in [0.717, 1.165) is 31.7 Å². The Hall–Kier alpha value is -3.30. The van der Waals surface area contributed by atoms with E-state index in [4.69, 9.17) is 0 Å². The van der Waals surface area contributed by atoms with Gasteiger partial charge in [0.15, 0.2) is 0 Å². The van der Waals surface area contributed by atoms with Gasteiger partial charge < -0.3 is 25.7 Å². The van der Waals surface area contributed by atoms with E-state index in [1.165, 1.54) is 35.0 Å². The number of benzene rings is 2. The van der Waals surface area contributed by atoms with Crippen LogP contribution >= 0.6 is 0 Å². The predicted octanol–water partition coefficient (Wildman–Crippen LogP) is 2.91. The second-order valence-electron chi connectivity index (χ2n) is 9.03. The molecule has 0 saturated carbocycles. The van der Waals surface area contributed by atoms with Gasteiger partial charge in [-0.25, -0.2) is 13.6 Å². The zero-order valence-electron chi connectivity index (χ0n) is 19.5. The van der Waals surface area contributed by atoms with Gasteiger partial charge in [-0.1, -0.05) is 25.1 Å². The van der Waals surface area contributed by atoms with Gasteiger partial charge >= 0.3 is 5.69 Å². The van der Waals surface area contributed by atoms with Gasteiger partial charge in [-0.15, -0.1) is 0 Å². The number of H-pyrrole nitrogens is 2. The molecule has 0 unspecified atom stereocenters. The monoisotopic (exact) mass is 484 g/mol. The number of carbonyl (C=O) groups is 1. The first kappa shape index (κ1) is 24.8. The summed E-state index contributed by atoms with van der Waals surface area (Å²) in [6, 6.07) is 8.82. The molecule has 0 aliphatic heterocycles. The SMILES string of the molecule is CCc1ccc2c(c1)[C@@H](NC[C@@H](O)[C@H](Cc1cc(F)cc(F)c1)NC(=O)c1c[nH]c(=O)[nH]1)CCC2. The third-order valence-electron chi connectivity index (χ3n) is 6.51. The zero-order valence-corrected chi connectivity index (χ0v) is 19.5. The molecule has 3 aromatic rings. The van der Waals surface area contributed by atoms with E-state index in [0.29, 0.717) is 5.56 Å². The van der Waals surface area contributed by atoms with Gasteiger partial charge in [-0.05, 0) is 66.5 Å². The molecule has 35 heavy (non-hydrogen) atoms. The fourth-order valence-corrected chi connectivity index (χ4v) is 4.65. The largest absolute Gasteiger partial charge is 0.390 e. The molecule has 7 nitrogen and oxygen atoms in total. The third kappa shape index (κ3) is 6.23. The second-order valence-corrected chi connectivity index (χ2v) is 9.03. The minimum atomic E-state index is -1.06. The third-order valence-corrected chi connectivity index (χ3v) is 6.51. The highest BCUT2D eigenvalue weighted by Gasteiger charge is 2.26. The van der Waals surface area contributed by atoms with Crippen LogP contribution in [-0.2, 0) is 19.3 Å². The van der Waals surface area contributed by atoms with Gasteiger partial charge in [0.25, 0.3) is 5.91 Å². The standard InChI is InChI=1S/C26H30F2N4O3/c1-2-15-6-7-17-4-3-5-21(20(17)10-15)29-14-24(33)22(11-16-8-18(27)12-19(28)9-16)31-25(34)23-13-30-26(35)32-23/h6-10,12-13,21-22,24,29,33H,2-5,11,14H2,1H3,(H,31,34)(H2,30,32,35)/t21-,22-,24+/m0/s1. The molecule has 1 aliphatic carbocycles. The highest BCUT2D eigenvalue weighted by Crippen LogP contribution is 2.30. The molecule has 3 atom stereocenters. The Bertz CT molecular complexity index is 1220. The lowest BCUT2D eigenvalue weighted by molar-refractivity contribution is 0.0818. The second kappa shape index (κ2) is 11.0. The van der Waals surface area contributed by atoms with Crippen LogP contribution < -0.4 is 16.3 Å². The Labute approximate surface area is 202 Å². The molecule has 1 aliphatic rings. The number of hydrogen-bond acceptors (Lipinski definition) is 4. The summed E-state index contributed by atoms with van der Waals surface area (Å²) in [6.07, 6.45) is 4.06. The van der Waals surface area contributed by atoms with Crippen molar-refractivity contribution in [1.29, 1.82) is 0 Å². The van der Waals surface area contributed by atoms with Crippen LogP contribution in [0.2, 0.25) is 0 Å². The average molecular weight is 485 g/mol. The van der Waals surface area contributed by atoms with Crippen molar-refractivity contribution in [1.82, 2.24) is 20.6 Å². The van der Waals surface area contributed by atoms with Crippen molar-refractivity contribution in [2.75, 3.05) is 6.54 Å². The van der Waals surface area contributed by atoms with Crippen molar-refractivity contribution in [2.45, 2.75) is 57.2 Å². The van der Waals surface area contributed by atoms with Crippen molar-refractivity contribution in [3.63, 3.8) is 0 Å². The number of hydrogen-bond donors (Lipinski definition) is 5. The topological polar surface area (TPSA) is 110 Å². The van der Waals surface area contributed by atoms with Crippen LogP contribution in [0.1, 0.15) is 58.5 Å². The Morgan fingerprint density at radius 3 is 2.63 bits per heavy atom. The van der Waals surface area contributed by atoms with Crippen LogP contribution in [0.25, 0.3) is 0 Å². The van der Waals surface area contributed by atoms with E-state index in [1.54, 1.807) is 0 Å². The summed E-state index contributed by atoms with van der Waals surface area (Å²) in [4.78, 5) is 28.8. The number of aryl methyl sites for hydroxylation is 2. The smallest absolute Gasteiger partial charge is 0.323 e. The van der Waals surface area contributed by atoms with Crippen molar-refractivity contribution in [3.05, 3.63) is 92.7 Å². The summed E-state index contributed by atoms with van der Waals surface area (Å²) in [5, 5.41) is 17.2. The van der Waals surface area contributed by atoms with Crippen LogP contribution in [0.4, 0.5) is 8.78 Å². The maximum Gasteiger partial charge on any atom is 0.323 e. The normalized spacial score (nSPS) is 17.0. The van der Waals surface area contributed by atoms with Crippen LogP contribution in [0.15, 0.2) is 47.4 Å². The maximum absolute atomic E-state index is 13.8. The van der Waals surface area contributed by atoms with Crippen molar-refractivity contribution < 1.29 is 18.7 Å². The number of aromatic amines is 2. The molecule has 0 radical (unpaired) electrons. The Morgan fingerprint density at radius 2 is 1.94 bits per heavy atom. The number of carbonyl (C=O) groups excluding carboxylic acids is 1. The number of aliphatic hydroxyl groups is 1. The fourth-order valence-electron chi connectivity index (χ4n) is 4.65. The molecular formula is C26H30F2N4O3. The summed E-state index contributed by atoms with van der Waals surface area (Å²) in [5.41, 5.74) is 3.52. The molecular weight excluding hydrogens is 454 g/mol. The maximum atomic E-state index is 13.8. The Morgan fingerprint density at radius 1 is 1.17 bits per heavy atom. The van der Waals surface area contributed by atoms with E-state index >= 15 is 0 Å². The minimum Gasteiger partial charge on any atom is -0.390 e. The summed E-state index contributed by atoms with van der Waals surface area (Å²) >= 11 is 0. The first-order valence-corrected chi connectivity index (χ1v) is 11.9. The number of aliphatic hydroxyl groups excluding tert-OH is 1. The predicted molar refractivity (Wildman–Crippen MR) is 128 cm³/mol. The molecule has 5 N–H and O–H groups in total. The zero-order chi connectivity index (χ0) is 24.9. The van der Waals surface area contributed by atoms with E-state index in [-0.39, 0.29) is 24.7 Å². The Kier molecular flexibility index (Phi) is 7.77. The molecule has 0 saturated heterocycles. The van der Waals surface area contributed by atoms with Gasteiger partial charge in [-0.2, -0.15) is 0 Å². The lowest BCUT2D eigenvalue weighted by Crippen LogP contribution is -2.49. The number of amides is 1. The quantitative estimate of drug-likeness (QED) is 0.322. The molecule has 2 aromatic carbocycles. The van der Waals surface area contributed by atoms with Crippen LogP contribution in [0.5, 0.6) is 0 Å². The van der Waals surface area contributed by atoms with Crippen LogP contribution in [0.3, 0.4) is 0 Å². The van der Waals surface area contributed by atoms with Gasteiger partial charge in [0.1, 0.15) is 17.3 Å². The average Bonchev–Trinajstić information content (AvgIpc) is 3.27. The highest BCUT2D eigenvalue weighted by molar-refractivity contribution is 5.92. The first-order chi connectivity index (χ1) is 16.8. The van der Waals surface area contributed by atoms with Gasteiger partial charge in [0, 0.05) is 24.8 Å². The molecule has 1 amide bonds. The molecule has 0 fully saturated rings. The number of halogens is 2. The van der Waals surface area contributed by atoms with E-state index in [2.05, 4.69) is 45.7 Å². The van der Waals surface area contributed by atoms with E-state index < -0.39 is 35.4 Å². The first-order valence-electron chi connectivity index (χ1n) is 11.9. The summed E-state index contributed by atoms with van der Waals surface area (Å²) in [6.45, 7) is 2.27. The number of nitrogens with one attached hydrogen (secondary N) is 4. The summed E-state index contributed by atoms with van der Waals surface area (Å²) in [5.74, 6) is -2.09. The van der Waals surface area contributed by atoms with E-state index in [1.807, 2.05) is 0 Å². The summed E-state index contributed by atoms with van der Waals surface area (Å²) < 4.78 is 27.5. The number of aromatic nitrogens is 2. The van der Waals surface area contributed by atoms with Gasteiger partial charge in [0.2, 0.25) is 0 Å². The summed E-state index contributed by atoms with van der Waals surface area (Å²) in [7, 11) is 0. The van der Waals surface area contributed by atoms with Crippen LogP contribution in [-0.4, -0.2) is 39.7 Å². The fraction of sp³-hybridized carbons (Fsp3) is 0.385. The molecule has 0 bridgehead atoms. The van der Waals surface area contributed by atoms with Crippen molar-refractivity contribution >= 4 is 5.91 Å². The molecule has 4 rings (SSSR count). The molecule has 186 valence electrons. The van der Waals surface area contributed by atoms with E-state index in [9.17, 15) is 23.5 Å². The van der Waals surface area contributed by atoms with Gasteiger partial charge in [0.05, 0.1) is 12.1 Å². The van der Waals surface area contributed by atoms with Crippen LogP contribution in [0, 0.1) is 11.6 Å². The van der Waals surface area contributed by atoms with Crippen molar-refractivity contribution in [2.24, 2.45) is 0 Å².